The van der Waals surface area contributed by atoms with Gasteiger partial charge >= 0.3 is 0 Å². The van der Waals surface area contributed by atoms with Crippen LogP contribution in [0.2, 0.25) is 0 Å². The average Bonchev–Trinajstić information content (AvgIpc) is 3.01. The van der Waals surface area contributed by atoms with Crippen LogP contribution >= 0.6 is 38.6 Å². The largest absolute Gasteiger partial charge is 0.365 e. The minimum Gasteiger partial charge on any atom is -0.365 e. The van der Waals surface area contributed by atoms with Crippen LogP contribution in [0, 0.1) is 5.92 Å². The van der Waals surface area contributed by atoms with Crippen LogP contribution in [0.5, 0.6) is 0 Å². The maximum atomic E-state index is 12.3. The molecule has 0 bridgehead atoms. The third-order valence-electron chi connectivity index (χ3n) is 3.78. The van der Waals surface area contributed by atoms with Crippen molar-refractivity contribution in [3.63, 3.8) is 0 Å². The Labute approximate surface area is 144 Å². The number of rotatable bonds is 3. The molecule has 0 unspecified atom stereocenters. The molecule has 0 radical (unpaired) electrons. The monoisotopic (exact) mass is 398 g/mol. The van der Waals surface area contributed by atoms with Gasteiger partial charge in [0.2, 0.25) is 0 Å². The topological polar surface area (TPSA) is 72.2 Å². The third kappa shape index (κ3) is 2.98. The Hall–Kier alpha value is -1.18. The molecule has 116 valence electrons. The second-order valence-electron chi connectivity index (χ2n) is 5.48. The summed E-state index contributed by atoms with van der Waals surface area (Å²) in [6.45, 7) is 2.17. The summed E-state index contributed by atoms with van der Waals surface area (Å²) < 4.78 is 0.895. The number of primary amides is 1. The van der Waals surface area contributed by atoms with Crippen LogP contribution in [-0.4, -0.2) is 11.8 Å². The molecule has 0 aromatic carbocycles. The SMILES string of the molecule is C[C@H]1CCc2sc(NC(=O)c3ccc(Br)s3)c(C(N)=O)c2C1. The predicted octanol–water partition coefficient (Wildman–Crippen LogP) is 4.05. The van der Waals surface area contributed by atoms with Gasteiger partial charge in [0.05, 0.1) is 14.2 Å². The number of carbonyl (C=O) groups is 2. The molecule has 7 heteroatoms. The first-order chi connectivity index (χ1) is 10.5. The van der Waals surface area contributed by atoms with Gasteiger partial charge in [-0.3, -0.25) is 9.59 Å². The van der Waals surface area contributed by atoms with Gasteiger partial charge in [0.15, 0.2) is 0 Å². The van der Waals surface area contributed by atoms with Gasteiger partial charge in [-0.05, 0) is 58.8 Å². The summed E-state index contributed by atoms with van der Waals surface area (Å²) in [5.74, 6) is -0.129. The Morgan fingerprint density at radius 1 is 1.36 bits per heavy atom. The van der Waals surface area contributed by atoms with Crippen molar-refractivity contribution in [2.45, 2.75) is 26.2 Å². The third-order valence-corrected chi connectivity index (χ3v) is 6.61. The van der Waals surface area contributed by atoms with Crippen molar-refractivity contribution < 1.29 is 9.59 Å². The lowest BCUT2D eigenvalue weighted by atomic mass is 9.87. The zero-order valence-corrected chi connectivity index (χ0v) is 15.2. The Bertz CT molecular complexity index is 751. The van der Waals surface area contributed by atoms with Gasteiger partial charge in [-0.1, -0.05) is 6.92 Å². The lowest BCUT2D eigenvalue weighted by Crippen LogP contribution is -2.19. The van der Waals surface area contributed by atoms with E-state index in [9.17, 15) is 9.59 Å². The molecule has 4 nitrogen and oxygen atoms in total. The lowest BCUT2D eigenvalue weighted by Gasteiger charge is -2.18. The summed E-state index contributed by atoms with van der Waals surface area (Å²) in [6.07, 6.45) is 2.91. The molecule has 2 aromatic heterocycles. The minimum absolute atomic E-state index is 0.204. The molecule has 0 saturated heterocycles. The normalized spacial score (nSPS) is 17.1. The van der Waals surface area contributed by atoms with Crippen molar-refractivity contribution in [2.75, 3.05) is 5.32 Å². The predicted molar refractivity (Wildman–Crippen MR) is 94.0 cm³/mol. The van der Waals surface area contributed by atoms with Crippen LogP contribution in [0.1, 0.15) is 43.8 Å². The number of nitrogens with one attached hydrogen (secondary N) is 1. The highest BCUT2D eigenvalue weighted by atomic mass is 79.9. The molecule has 22 heavy (non-hydrogen) atoms. The number of halogens is 1. The summed E-state index contributed by atoms with van der Waals surface area (Å²) in [4.78, 5) is 25.9. The van der Waals surface area contributed by atoms with Gasteiger partial charge < -0.3 is 11.1 Å². The van der Waals surface area contributed by atoms with Gasteiger partial charge in [0.1, 0.15) is 5.00 Å². The molecule has 0 saturated carbocycles. The molecule has 2 amide bonds. The molecular weight excluding hydrogens is 384 g/mol. The van der Waals surface area contributed by atoms with Crippen molar-refractivity contribution in [2.24, 2.45) is 11.7 Å². The number of carbonyl (C=O) groups excluding carboxylic acids is 2. The van der Waals surface area contributed by atoms with E-state index in [2.05, 4.69) is 28.2 Å². The molecule has 0 spiro atoms. The lowest BCUT2D eigenvalue weighted by molar-refractivity contribution is 0.1000. The quantitative estimate of drug-likeness (QED) is 0.818. The van der Waals surface area contributed by atoms with Crippen LogP contribution in [0.25, 0.3) is 0 Å². The number of amides is 2. The van der Waals surface area contributed by atoms with E-state index in [0.717, 1.165) is 28.6 Å². The molecule has 3 rings (SSSR count). The van der Waals surface area contributed by atoms with Crippen molar-refractivity contribution >= 4 is 55.4 Å². The van der Waals surface area contributed by atoms with Crippen molar-refractivity contribution in [1.82, 2.24) is 0 Å². The molecule has 1 atom stereocenters. The van der Waals surface area contributed by atoms with Crippen LogP contribution in [-0.2, 0) is 12.8 Å². The first-order valence-electron chi connectivity index (χ1n) is 6.96. The fraction of sp³-hybridized carbons (Fsp3) is 0.333. The van der Waals surface area contributed by atoms with Gasteiger partial charge in [-0.25, -0.2) is 0 Å². The molecule has 1 aliphatic carbocycles. The highest BCUT2D eigenvalue weighted by Gasteiger charge is 2.27. The van der Waals surface area contributed by atoms with Gasteiger partial charge in [0, 0.05) is 4.88 Å². The Kier molecular flexibility index (Phi) is 4.38. The Balaban J connectivity index is 1.93. The first-order valence-corrected chi connectivity index (χ1v) is 9.39. The summed E-state index contributed by atoms with van der Waals surface area (Å²) in [5, 5.41) is 3.45. The zero-order valence-electron chi connectivity index (χ0n) is 11.9. The van der Waals surface area contributed by atoms with Crippen LogP contribution in [0.15, 0.2) is 15.9 Å². The molecule has 2 heterocycles. The maximum Gasteiger partial charge on any atom is 0.266 e. The van der Waals surface area contributed by atoms with E-state index in [4.69, 9.17) is 5.73 Å². The van der Waals surface area contributed by atoms with Crippen LogP contribution in [0.3, 0.4) is 0 Å². The van der Waals surface area contributed by atoms with Gasteiger partial charge in [-0.2, -0.15) is 0 Å². The molecule has 1 aliphatic rings. The minimum atomic E-state index is -0.464. The van der Waals surface area contributed by atoms with E-state index < -0.39 is 5.91 Å². The number of nitrogens with two attached hydrogens (primary N) is 1. The molecule has 3 N–H and O–H groups in total. The van der Waals surface area contributed by atoms with Crippen molar-refractivity contribution in [3.8, 4) is 0 Å². The number of fused-ring (bicyclic) bond motifs is 1. The van der Waals surface area contributed by atoms with Gasteiger partial charge in [0.25, 0.3) is 11.8 Å². The van der Waals surface area contributed by atoms with E-state index >= 15 is 0 Å². The van der Waals surface area contributed by atoms with E-state index in [1.54, 1.807) is 6.07 Å². The van der Waals surface area contributed by atoms with E-state index in [1.807, 2.05) is 6.07 Å². The van der Waals surface area contributed by atoms with Gasteiger partial charge in [-0.15, -0.1) is 22.7 Å². The van der Waals surface area contributed by atoms with Crippen LogP contribution < -0.4 is 11.1 Å². The molecular formula is C15H15BrN2O2S2. The highest BCUT2D eigenvalue weighted by molar-refractivity contribution is 9.11. The summed E-state index contributed by atoms with van der Waals surface area (Å²) >= 11 is 6.18. The number of hydrogen-bond acceptors (Lipinski definition) is 4. The van der Waals surface area contributed by atoms with Crippen molar-refractivity contribution in [1.29, 1.82) is 0 Å². The molecule has 2 aromatic rings. The van der Waals surface area contributed by atoms with E-state index in [0.29, 0.717) is 21.4 Å². The summed E-state index contributed by atoms with van der Waals surface area (Å²) in [5.41, 5.74) is 7.08. The first kappa shape index (κ1) is 15.7. The fourth-order valence-corrected chi connectivity index (χ4v) is 5.23. The number of aryl methyl sites for hydroxylation is 1. The highest BCUT2D eigenvalue weighted by Crippen LogP contribution is 2.39. The fourth-order valence-electron chi connectivity index (χ4n) is 2.71. The number of hydrogen-bond donors (Lipinski definition) is 2. The average molecular weight is 399 g/mol. The Morgan fingerprint density at radius 3 is 2.77 bits per heavy atom. The van der Waals surface area contributed by atoms with Crippen LogP contribution in [0.4, 0.5) is 5.00 Å². The van der Waals surface area contributed by atoms with Crippen molar-refractivity contribution in [3.05, 3.63) is 36.8 Å². The van der Waals surface area contributed by atoms with E-state index in [-0.39, 0.29) is 5.91 Å². The second kappa shape index (κ2) is 6.14. The molecule has 0 fully saturated rings. The smallest absolute Gasteiger partial charge is 0.266 e. The maximum absolute atomic E-state index is 12.3. The second-order valence-corrected chi connectivity index (χ2v) is 9.05. The standard InChI is InChI=1S/C15H15BrN2O2S2/c1-7-2-3-9-8(6-7)12(13(17)19)15(22-9)18-14(20)10-4-5-11(16)21-10/h4-5,7H,2-3,6H2,1H3,(H2,17,19)(H,18,20)/t7-/m0/s1. The summed E-state index contributed by atoms with van der Waals surface area (Å²) in [6, 6.07) is 3.58. The number of thiophene rings is 2. The number of anilines is 1. The zero-order chi connectivity index (χ0) is 15.9. The Morgan fingerprint density at radius 2 is 2.14 bits per heavy atom. The van der Waals surface area contributed by atoms with E-state index in [1.165, 1.54) is 27.6 Å². The summed E-state index contributed by atoms with van der Waals surface area (Å²) in [7, 11) is 0. The molecule has 0 aliphatic heterocycles.